The van der Waals surface area contributed by atoms with Crippen molar-refractivity contribution in [2.45, 2.75) is 68.7 Å². The van der Waals surface area contributed by atoms with Crippen LogP contribution in [0.5, 0.6) is 11.5 Å². The van der Waals surface area contributed by atoms with Crippen LogP contribution in [-0.2, 0) is 11.3 Å². The fraction of sp³-hybridized carbons (Fsp3) is 0.571. The van der Waals surface area contributed by atoms with Crippen molar-refractivity contribution in [2.24, 2.45) is 5.92 Å². The van der Waals surface area contributed by atoms with E-state index in [0.717, 1.165) is 36.3 Å². The summed E-state index contributed by atoms with van der Waals surface area (Å²) in [6.45, 7) is 4.56. The molecule has 1 aliphatic carbocycles. The molecule has 1 amide bonds. The standard InChI is InChI=1S/C28H35ClFN3O5S/c1-15-8-23(39-3)20(27(35)32-15)10-31-26(34)19-9-21(29)25-24(16(19)2)38-22(11-37-25)17-4-6-18(7-5-17)33-28(12-30)13-36-14-28/h8-9,17-18,22,33H,4-7,10-14H2,1-3H3,(H,31,34)(H,32,35)/t17-,18+,22-/m1/s1. The lowest BCUT2D eigenvalue weighted by molar-refractivity contribution is -0.0924. The van der Waals surface area contributed by atoms with E-state index in [9.17, 15) is 14.0 Å². The highest BCUT2D eigenvalue weighted by molar-refractivity contribution is 7.98. The number of H-pyrrole nitrogens is 1. The zero-order chi connectivity index (χ0) is 27.7. The van der Waals surface area contributed by atoms with Gasteiger partial charge in [0, 0.05) is 39.9 Å². The summed E-state index contributed by atoms with van der Waals surface area (Å²) in [5.41, 5.74) is 1.56. The van der Waals surface area contributed by atoms with Gasteiger partial charge in [0.2, 0.25) is 0 Å². The molecular formula is C28H35ClFN3O5S. The van der Waals surface area contributed by atoms with Crippen molar-refractivity contribution in [1.82, 2.24) is 15.6 Å². The molecule has 0 unspecified atom stereocenters. The average molecular weight is 580 g/mol. The van der Waals surface area contributed by atoms with Gasteiger partial charge in [-0.3, -0.25) is 9.59 Å². The number of benzene rings is 1. The summed E-state index contributed by atoms with van der Waals surface area (Å²) in [7, 11) is 0. The Kier molecular flexibility index (Phi) is 8.47. The number of carbonyl (C=O) groups is 1. The van der Waals surface area contributed by atoms with Crippen molar-refractivity contribution in [1.29, 1.82) is 0 Å². The van der Waals surface area contributed by atoms with Crippen LogP contribution in [0.3, 0.4) is 0 Å². The molecule has 1 aromatic carbocycles. The molecule has 11 heteroatoms. The number of pyridine rings is 1. The molecule has 3 N–H and O–H groups in total. The quantitative estimate of drug-likeness (QED) is 0.400. The van der Waals surface area contributed by atoms with Crippen LogP contribution in [0.2, 0.25) is 5.02 Å². The van der Waals surface area contributed by atoms with Gasteiger partial charge in [-0.15, -0.1) is 11.8 Å². The minimum absolute atomic E-state index is 0.0891. The van der Waals surface area contributed by atoms with Crippen molar-refractivity contribution in [3.63, 3.8) is 0 Å². The number of aromatic amines is 1. The van der Waals surface area contributed by atoms with Crippen LogP contribution >= 0.6 is 23.4 Å². The van der Waals surface area contributed by atoms with Gasteiger partial charge in [-0.2, -0.15) is 0 Å². The van der Waals surface area contributed by atoms with E-state index >= 15 is 0 Å². The largest absolute Gasteiger partial charge is 0.484 e. The second-order valence-electron chi connectivity index (χ2n) is 10.8. The van der Waals surface area contributed by atoms with Crippen molar-refractivity contribution in [3.8, 4) is 11.5 Å². The molecule has 212 valence electrons. The number of amides is 1. The summed E-state index contributed by atoms with van der Waals surface area (Å²) < 4.78 is 31.2. The van der Waals surface area contributed by atoms with Crippen LogP contribution in [0.4, 0.5) is 4.39 Å². The normalized spacial score (nSPS) is 23.7. The predicted octanol–water partition coefficient (Wildman–Crippen LogP) is 4.32. The lowest BCUT2D eigenvalue weighted by atomic mass is 9.81. The van der Waals surface area contributed by atoms with E-state index in [-0.39, 0.29) is 36.1 Å². The Labute approximate surface area is 236 Å². The zero-order valence-corrected chi connectivity index (χ0v) is 24.0. The molecule has 39 heavy (non-hydrogen) atoms. The first-order valence-corrected chi connectivity index (χ1v) is 14.9. The summed E-state index contributed by atoms with van der Waals surface area (Å²) >= 11 is 7.99. The van der Waals surface area contributed by atoms with Crippen LogP contribution in [0, 0.1) is 19.8 Å². The number of hydrogen-bond donors (Lipinski definition) is 3. The number of aryl methyl sites for hydroxylation is 1. The van der Waals surface area contributed by atoms with Crippen LogP contribution in [-0.4, -0.2) is 61.3 Å². The van der Waals surface area contributed by atoms with E-state index < -0.39 is 12.2 Å². The van der Waals surface area contributed by atoms with Crippen LogP contribution in [0.1, 0.15) is 52.9 Å². The molecule has 8 nitrogen and oxygen atoms in total. The fourth-order valence-corrected chi connectivity index (χ4v) is 6.67. The van der Waals surface area contributed by atoms with E-state index in [0.29, 0.717) is 53.0 Å². The molecule has 0 bridgehead atoms. The number of rotatable bonds is 8. The molecule has 0 radical (unpaired) electrons. The first kappa shape index (κ1) is 28.3. The molecular weight excluding hydrogens is 545 g/mol. The highest BCUT2D eigenvalue weighted by Crippen LogP contribution is 2.45. The number of fused-ring (bicyclic) bond motifs is 1. The van der Waals surface area contributed by atoms with Crippen molar-refractivity contribution >= 4 is 29.3 Å². The average Bonchev–Trinajstić information content (AvgIpc) is 2.91. The van der Waals surface area contributed by atoms with Gasteiger partial charge in [-0.1, -0.05) is 11.6 Å². The Morgan fingerprint density at radius 3 is 2.59 bits per heavy atom. The minimum atomic E-state index is -0.518. The number of carbonyl (C=O) groups excluding carboxylic acids is 1. The highest BCUT2D eigenvalue weighted by atomic mass is 35.5. The van der Waals surface area contributed by atoms with Crippen molar-refractivity contribution in [2.75, 3.05) is 32.8 Å². The number of aromatic nitrogens is 1. The topological polar surface area (TPSA) is 102 Å². The van der Waals surface area contributed by atoms with Crippen LogP contribution < -0.4 is 25.7 Å². The fourth-order valence-electron chi connectivity index (χ4n) is 5.71. The SMILES string of the molecule is CSc1cc(C)[nH]c(=O)c1CNC(=O)c1cc(Cl)c2c(c1C)O[C@@H]([C@H]1CC[C@@H](NC3(CF)COC3)CC1)CO2. The molecule has 5 rings (SSSR count). The summed E-state index contributed by atoms with van der Waals surface area (Å²) in [5.74, 6) is 0.879. The van der Waals surface area contributed by atoms with Gasteiger partial charge in [0.15, 0.2) is 11.5 Å². The van der Waals surface area contributed by atoms with Gasteiger partial charge < -0.3 is 29.8 Å². The molecule has 1 saturated carbocycles. The number of thioether (sulfide) groups is 1. The monoisotopic (exact) mass is 579 g/mol. The summed E-state index contributed by atoms with van der Waals surface area (Å²) in [4.78, 5) is 29.3. The lowest BCUT2D eigenvalue weighted by Crippen LogP contribution is -2.65. The first-order valence-electron chi connectivity index (χ1n) is 13.3. The maximum Gasteiger partial charge on any atom is 0.254 e. The number of halogens is 2. The molecule has 2 aromatic rings. The predicted molar refractivity (Wildman–Crippen MR) is 149 cm³/mol. The van der Waals surface area contributed by atoms with Crippen molar-refractivity contribution < 1.29 is 23.4 Å². The molecule has 1 atom stereocenters. The Balaban J connectivity index is 1.25. The number of alkyl halides is 1. The van der Waals surface area contributed by atoms with Crippen LogP contribution in [0.15, 0.2) is 21.8 Å². The minimum Gasteiger partial charge on any atom is -0.484 e. The smallest absolute Gasteiger partial charge is 0.254 e. The van der Waals surface area contributed by atoms with Crippen molar-refractivity contribution in [3.05, 3.63) is 49.9 Å². The third kappa shape index (κ3) is 5.80. The molecule has 2 aliphatic heterocycles. The summed E-state index contributed by atoms with van der Waals surface area (Å²) in [6, 6.07) is 3.74. The lowest BCUT2D eigenvalue weighted by Gasteiger charge is -2.45. The molecule has 2 fully saturated rings. The van der Waals surface area contributed by atoms with Gasteiger partial charge in [-0.05, 0) is 63.8 Å². The number of nitrogens with one attached hydrogen (secondary N) is 3. The van der Waals surface area contributed by atoms with E-state index in [2.05, 4.69) is 15.6 Å². The van der Waals surface area contributed by atoms with Gasteiger partial charge in [0.25, 0.3) is 11.5 Å². The molecule has 3 aliphatic rings. The maximum atomic E-state index is 13.5. The Morgan fingerprint density at radius 2 is 1.95 bits per heavy atom. The third-order valence-electron chi connectivity index (χ3n) is 8.04. The van der Waals surface area contributed by atoms with Gasteiger partial charge in [0.05, 0.1) is 23.8 Å². The van der Waals surface area contributed by atoms with E-state index in [1.165, 1.54) is 11.8 Å². The Morgan fingerprint density at radius 1 is 1.21 bits per heavy atom. The van der Waals surface area contributed by atoms with Gasteiger partial charge >= 0.3 is 0 Å². The van der Waals surface area contributed by atoms with E-state index in [1.807, 2.05) is 26.2 Å². The zero-order valence-electron chi connectivity index (χ0n) is 22.5. The molecule has 3 heterocycles. The number of hydrogen-bond acceptors (Lipinski definition) is 7. The highest BCUT2D eigenvalue weighted by Gasteiger charge is 2.42. The summed E-state index contributed by atoms with van der Waals surface area (Å²) in [5, 5.41) is 6.65. The van der Waals surface area contributed by atoms with Gasteiger partial charge in [-0.25, -0.2) is 4.39 Å². The Bertz CT molecular complexity index is 1290. The molecule has 1 aromatic heterocycles. The second kappa shape index (κ2) is 11.7. The Hall–Kier alpha value is -2.27. The third-order valence-corrected chi connectivity index (χ3v) is 9.13. The number of ether oxygens (including phenoxy) is 3. The molecule has 0 spiro atoms. The van der Waals surface area contributed by atoms with Gasteiger partial charge in [0.1, 0.15) is 19.4 Å². The maximum absolute atomic E-state index is 13.5. The summed E-state index contributed by atoms with van der Waals surface area (Å²) in [6.07, 6.45) is 5.45. The van der Waals surface area contributed by atoms with E-state index in [4.69, 9.17) is 25.8 Å². The van der Waals surface area contributed by atoms with Crippen LogP contribution in [0.25, 0.3) is 0 Å². The van der Waals surface area contributed by atoms with E-state index in [1.54, 1.807) is 6.07 Å². The second-order valence-corrected chi connectivity index (χ2v) is 12.1. The first-order chi connectivity index (χ1) is 18.7. The molecule has 1 saturated heterocycles.